The lowest BCUT2D eigenvalue weighted by molar-refractivity contribution is -0.146. The SMILES string of the molecule is CC(C)NC(=O)CN(C)C(=O)NCC[C@H](O)C(=O)O. The second kappa shape index (κ2) is 8.30. The molecule has 0 aliphatic carbocycles. The van der Waals surface area contributed by atoms with E-state index in [-0.39, 0.29) is 31.5 Å². The van der Waals surface area contributed by atoms with Crippen LogP contribution in [-0.4, -0.2) is 65.3 Å². The van der Waals surface area contributed by atoms with Crippen molar-refractivity contribution in [1.29, 1.82) is 0 Å². The number of nitrogens with one attached hydrogen (secondary N) is 2. The molecule has 3 amide bonds. The summed E-state index contributed by atoms with van der Waals surface area (Å²) in [5.41, 5.74) is 0. The Morgan fingerprint density at radius 3 is 2.32 bits per heavy atom. The molecule has 0 unspecified atom stereocenters. The minimum atomic E-state index is -1.50. The highest BCUT2D eigenvalue weighted by molar-refractivity contribution is 5.84. The van der Waals surface area contributed by atoms with E-state index in [0.29, 0.717) is 0 Å². The largest absolute Gasteiger partial charge is 0.479 e. The lowest BCUT2D eigenvalue weighted by Crippen LogP contribution is -2.45. The maximum Gasteiger partial charge on any atom is 0.332 e. The topological polar surface area (TPSA) is 119 Å². The lowest BCUT2D eigenvalue weighted by atomic mass is 10.2. The van der Waals surface area contributed by atoms with E-state index < -0.39 is 18.1 Å². The molecule has 0 aliphatic heterocycles. The fraction of sp³-hybridized carbons (Fsp3) is 0.727. The predicted octanol–water partition coefficient (Wildman–Crippen LogP) is -1.01. The first-order chi connectivity index (χ1) is 8.73. The number of likely N-dealkylation sites (N-methyl/N-ethyl adjacent to an activating group) is 1. The Morgan fingerprint density at radius 2 is 1.84 bits per heavy atom. The third kappa shape index (κ3) is 7.98. The summed E-state index contributed by atoms with van der Waals surface area (Å²) in [6.07, 6.45) is -1.59. The number of nitrogens with zero attached hydrogens (tertiary/aromatic N) is 1. The lowest BCUT2D eigenvalue weighted by Gasteiger charge is -2.18. The van der Waals surface area contributed by atoms with Gasteiger partial charge in [-0.2, -0.15) is 0 Å². The number of aliphatic hydroxyl groups is 1. The number of amides is 3. The number of carboxylic acid groups (broad SMARTS) is 1. The van der Waals surface area contributed by atoms with Crippen molar-refractivity contribution < 1.29 is 24.6 Å². The summed E-state index contributed by atoms with van der Waals surface area (Å²) in [6, 6.07) is -0.508. The Hall–Kier alpha value is -1.83. The van der Waals surface area contributed by atoms with Crippen LogP contribution < -0.4 is 10.6 Å². The molecule has 19 heavy (non-hydrogen) atoms. The van der Waals surface area contributed by atoms with Gasteiger partial charge < -0.3 is 25.7 Å². The molecule has 0 fully saturated rings. The van der Waals surface area contributed by atoms with Crippen LogP contribution in [0.1, 0.15) is 20.3 Å². The summed E-state index contributed by atoms with van der Waals surface area (Å²) in [4.78, 5) is 34.4. The van der Waals surface area contributed by atoms with E-state index in [1.165, 1.54) is 11.9 Å². The normalized spacial score (nSPS) is 11.8. The monoisotopic (exact) mass is 275 g/mol. The van der Waals surface area contributed by atoms with E-state index >= 15 is 0 Å². The van der Waals surface area contributed by atoms with Gasteiger partial charge in [-0.25, -0.2) is 9.59 Å². The molecule has 0 spiro atoms. The Labute approximate surface area is 111 Å². The summed E-state index contributed by atoms with van der Waals surface area (Å²) in [5.74, 6) is -1.61. The number of rotatable bonds is 7. The van der Waals surface area contributed by atoms with E-state index in [4.69, 9.17) is 10.2 Å². The van der Waals surface area contributed by atoms with Gasteiger partial charge in [0.05, 0.1) is 0 Å². The number of carboxylic acids is 1. The van der Waals surface area contributed by atoms with Crippen molar-refractivity contribution >= 4 is 17.9 Å². The molecule has 4 N–H and O–H groups in total. The van der Waals surface area contributed by atoms with E-state index in [9.17, 15) is 14.4 Å². The van der Waals surface area contributed by atoms with Crippen LogP contribution in [0.2, 0.25) is 0 Å². The van der Waals surface area contributed by atoms with Crippen LogP contribution in [0.4, 0.5) is 4.79 Å². The van der Waals surface area contributed by atoms with E-state index in [2.05, 4.69) is 10.6 Å². The average molecular weight is 275 g/mol. The molecule has 0 aromatic carbocycles. The number of carbonyl (C=O) groups excluding carboxylic acids is 2. The van der Waals surface area contributed by atoms with Crippen molar-refractivity contribution in [3.8, 4) is 0 Å². The van der Waals surface area contributed by atoms with Crippen LogP contribution in [0.5, 0.6) is 0 Å². The fourth-order valence-corrected chi connectivity index (χ4v) is 1.23. The average Bonchev–Trinajstić information content (AvgIpc) is 2.26. The molecule has 0 aromatic rings. The van der Waals surface area contributed by atoms with Gasteiger partial charge in [-0.05, 0) is 13.8 Å². The number of hydrogen-bond donors (Lipinski definition) is 4. The summed E-state index contributed by atoms with van der Waals surface area (Å²) < 4.78 is 0. The quantitative estimate of drug-likeness (QED) is 0.474. The molecule has 0 aromatic heterocycles. The third-order valence-corrected chi connectivity index (χ3v) is 2.16. The number of urea groups is 1. The molecule has 0 rings (SSSR count). The third-order valence-electron chi connectivity index (χ3n) is 2.16. The second-order valence-electron chi connectivity index (χ2n) is 4.45. The maximum absolute atomic E-state index is 11.5. The molecule has 110 valence electrons. The Morgan fingerprint density at radius 1 is 1.26 bits per heavy atom. The van der Waals surface area contributed by atoms with Crippen molar-refractivity contribution in [3.05, 3.63) is 0 Å². The summed E-state index contributed by atoms with van der Waals surface area (Å²) in [6.45, 7) is 3.55. The highest BCUT2D eigenvalue weighted by atomic mass is 16.4. The number of carbonyl (C=O) groups is 3. The highest BCUT2D eigenvalue weighted by Gasteiger charge is 2.15. The van der Waals surface area contributed by atoms with Crippen molar-refractivity contribution in [1.82, 2.24) is 15.5 Å². The molecule has 0 saturated heterocycles. The molecule has 0 radical (unpaired) electrons. The molecular formula is C11H21N3O5. The van der Waals surface area contributed by atoms with Crippen LogP contribution >= 0.6 is 0 Å². The van der Waals surface area contributed by atoms with Gasteiger partial charge in [0.2, 0.25) is 5.91 Å². The number of hydrogen-bond acceptors (Lipinski definition) is 4. The molecule has 0 heterocycles. The Bertz CT molecular complexity index is 332. The van der Waals surface area contributed by atoms with Gasteiger partial charge in [0.15, 0.2) is 6.10 Å². The van der Waals surface area contributed by atoms with E-state index in [1.54, 1.807) is 0 Å². The molecule has 0 bridgehead atoms. The second-order valence-corrected chi connectivity index (χ2v) is 4.45. The maximum atomic E-state index is 11.5. The van der Waals surface area contributed by atoms with E-state index in [1.807, 2.05) is 13.8 Å². The van der Waals surface area contributed by atoms with Crippen LogP contribution in [0.25, 0.3) is 0 Å². The molecule has 8 heteroatoms. The van der Waals surface area contributed by atoms with Gasteiger partial charge in [-0.3, -0.25) is 4.79 Å². The first kappa shape index (κ1) is 17.2. The van der Waals surface area contributed by atoms with E-state index in [0.717, 1.165) is 0 Å². The van der Waals surface area contributed by atoms with Crippen molar-refractivity contribution in [2.24, 2.45) is 0 Å². The smallest absolute Gasteiger partial charge is 0.332 e. The molecule has 1 atom stereocenters. The minimum Gasteiger partial charge on any atom is -0.479 e. The number of aliphatic hydroxyl groups excluding tert-OH is 1. The molecular weight excluding hydrogens is 254 g/mol. The van der Waals surface area contributed by atoms with Gasteiger partial charge in [0.1, 0.15) is 6.54 Å². The Kier molecular flexibility index (Phi) is 7.50. The molecule has 0 saturated carbocycles. The van der Waals surface area contributed by atoms with Gasteiger partial charge in [0, 0.05) is 26.1 Å². The zero-order chi connectivity index (χ0) is 15.0. The van der Waals surface area contributed by atoms with Crippen LogP contribution in [0.15, 0.2) is 0 Å². The molecule has 8 nitrogen and oxygen atoms in total. The Balaban J connectivity index is 3.94. The van der Waals surface area contributed by atoms with Crippen LogP contribution in [-0.2, 0) is 9.59 Å². The zero-order valence-electron chi connectivity index (χ0n) is 11.3. The van der Waals surface area contributed by atoms with Gasteiger partial charge in [-0.15, -0.1) is 0 Å². The standard InChI is InChI=1S/C11H21N3O5/c1-7(2)13-9(16)6-14(3)11(19)12-5-4-8(15)10(17)18/h7-8,15H,4-6H2,1-3H3,(H,12,19)(H,13,16)(H,17,18)/t8-/m0/s1. The highest BCUT2D eigenvalue weighted by Crippen LogP contribution is 1.91. The fourth-order valence-electron chi connectivity index (χ4n) is 1.23. The van der Waals surface area contributed by atoms with Gasteiger partial charge in [0.25, 0.3) is 0 Å². The predicted molar refractivity (Wildman–Crippen MR) is 67.6 cm³/mol. The minimum absolute atomic E-state index is 0.00493. The summed E-state index contributed by atoms with van der Waals surface area (Å²) in [7, 11) is 1.45. The first-order valence-electron chi connectivity index (χ1n) is 5.93. The first-order valence-corrected chi connectivity index (χ1v) is 5.93. The van der Waals surface area contributed by atoms with Crippen LogP contribution in [0, 0.1) is 0 Å². The summed E-state index contributed by atoms with van der Waals surface area (Å²) >= 11 is 0. The van der Waals surface area contributed by atoms with Gasteiger partial charge >= 0.3 is 12.0 Å². The van der Waals surface area contributed by atoms with Crippen LogP contribution in [0.3, 0.4) is 0 Å². The van der Waals surface area contributed by atoms with Gasteiger partial charge in [-0.1, -0.05) is 0 Å². The number of aliphatic carboxylic acids is 1. The molecule has 0 aliphatic rings. The zero-order valence-corrected chi connectivity index (χ0v) is 11.3. The van der Waals surface area contributed by atoms with Crippen molar-refractivity contribution in [2.75, 3.05) is 20.1 Å². The summed E-state index contributed by atoms with van der Waals surface area (Å²) in [5, 5.41) is 22.5. The van der Waals surface area contributed by atoms with Crippen molar-refractivity contribution in [3.63, 3.8) is 0 Å². The van der Waals surface area contributed by atoms with Crippen molar-refractivity contribution in [2.45, 2.75) is 32.4 Å².